The summed E-state index contributed by atoms with van der Waals surface area (Å²) in [5.74, 6) is 0.870. The first-order valence-corrected chi connectivity index (χ1v) is 10.4. The molecular weight excluding hydrogens is 388 g/mol. The Labute approximate surface area is 173 Å². The van der Waals surface area contributed by atoms with Crippen LogP contribution in [0.4, 0.5) is 0 Å². The Morgan fingerprint density at radius 2 is 1.97 bits per heavy atom. The zero-order chi connectivity index (χ0) is 20.8. The van der Waals surface area contributed by atoms with Gasteiger partial charge in [0.1, 0.15) is 0 Å². The Balaban J connectivity index is 1.45. The van der Waals surface area contributed by atoms with Gasteiger partial charge in [0.2, 0.25) is 17.6 Å². The fraction of sp³-hybridized carbons (Fsp3) is 0.333. The number of nitrogens with zero attached hydrogens (tertiary/aromatic N) is 3. The molecule has 0 saturated heterocycles. The van der Waals surface area contributed by atoms with Gasteiger partial charge in [-0.2, -0.15) is 16.3 Å². The molecule has 0 aliphatic heterocycles. The van der Waals surface area contributed by atoms with Gasteiger partial charge in [0.05, 0.1) is 0 Å². The maximum Gasteiger partial charge on any atom is 0.253 e. The van der Waals surface area contributed by atoms with Gasteiger partial charge < -0.3 is 14.7 Å². The molecule has 0 radical (unpaired) electrons. The van der Waals surface area contributed by atoms with Crippen LogP contribution < -0.4 is 5.32 Å². The number of aromatic nitrogens is 2. The summed E-state index contributed by atoms with van der Waals surface area (Å²) in [5, 5.41) is 10.7. The highest BCUT2D eigenvalue weighted by molar-refractivity contribution is 7.08. The summed E-state index contributed by atoms with van der Waals surface area (Å²) < 4.78 is 5.20. The first-order valence-electron chi connectivity index (χ1n) is 9.42. The molecule has 1 aromatic carbocycles. The van der Waals surface area contributed by atoms with E-state index in [9.17, 15) is 9.59 Å². The average molecular weight is 413 g/mol. The Bertz CT molecular complexity index is 949. The molecule has 0 aliphatic carbocycles. The smallest absolute Gasteiger partial charge is 0.253 e. The molecule has 2 amide bonds. The van der Waals surface area contributed by atoms with Crippen LogP contribution in [0.3, 0.4) is 0 Å². The van der Waals surface area contributed by atoms with Crippen molar-refractivity contribution in [3.05, 3.63) is 58.1 Å². The summed E-state index contributed by atoms with van der Waals surface area (Å²) in [7, 11) is 1.79. The Morgan fingerprint density at radius 1 is 1.21 bits per heavy atom. The van der Waals surface area contributed by atoms with E-state index in [2.05, 4.69) is 15.5 Å². The van der Waals surface area contributed by atoms with Gasteiger partial charge in [-0.25, -0.2) is 0 Å². The molecule has 1 N–H and O–H groups in total. The predicted molar refractivity (Wildman–Crippen MR) is 111 cm³/mol. The topological polar surface area (TPSA) is 88.3 Å². The van der Waals surface area contributed by atoms with Crippen molar-refractivity contribution in [2.75, 3.05) is 7.05 Å². The monoisotopic (exact) mass is 412 g/mol. The van der Waals surface area contributed by atoms with Crippen LogP contribution in [0.15, 0.2) is 45.6 Å². The highest BCUT2D eigenvalue weighted by Gasteiger charge is 2.14. The third-order valence-electron chi connectivity index (χ3n) is 4.60. The minimum absolute atomic E-state index is 0.0167. The normalized spacial score (nSPS) is 10.9. The minimum atomic E-state index is -0.0972. The fourth-order valence-electron chi connectivity index (χ4n) is 2.58. The zero-order valence-electron chi connectivity index (χ0n) is 16.7. The lowest BCUT2D eigenvalue weighted by Crippen LogP contribution is -2.32. The van der Waals surface area contributed by atoms with Crippen LogP contribution >= 0.6 is 11.3 Å². The van der Waals surface area contributed by atoms with Crippen molar-refractivity contribution < 1.29 is 14.1 Å². The molecule has 7 nitrogen and oxygen atoms in total. The molecule has 2 aromatic heterocycles. The SMILES string of the molecule is CC(C)N(C)C(=O)c1ccc(CNC(=O)CCc2nc(-c3ccsc3)no2)cc1. The van der Waals surface area contributed by atoms with Gasteiger partial charge in [-0.05, 0) is 43.0 Å². The molecule has 2 heterocycles. The molecule has 0 bridgehead atoms. The summed E-state index contributed by atoms with van der Waals surface area (Å²) in [6, 6.07) is 9.34. The van der Waals surface area contributed by atoms with Crippen molar-refractivity contribution in [2.24, 2.45) is 0 Å². The van der Waals surface area contributed by atoms with Crippen molar-refractivity contribution in [3.8, 4) is 11.4 Å². The number of amides is 2. The molecular formula is C21H24N4O3S. The summed E-state index contributed by atoms with van der Waals surface area (Å²) in [4.78, 5) is 30.4. The van der Waals surface area contributed by atoms with Crippen molar-refractivity contribution in [2.45, 2.75) is 39.3 Å². The molecule has 0 atom stereocenters. The molecule has 8 heteroatoms. The molecule has 0 saturated carbocycles. The summed E-state index contributed by atoms with van der Waals surface area (Å²) in [6.07, 6.45) is 0.652. The van der Waals surface area contributed by atoms with Crippen molar-refractivity contribution in [1.29, 1.82) is 0 Å². The van der Waals surface area contributed by atoms with Gasteiger partial charge in [-0.3, -0.25) is 9.59 Å². The third kappa shape index (κ3) is 5.51. The van der Waals surface area contributed by atoms with E-state index in [1.165, 1.54) is 0 Å². The molecule has 152 valence electrons. The molecule has 3 rings (SSSR count). The number of carbonyl (C=O) groups excluding carboxylic acids is 2. The van der Waals surface area contributed by atoms with E-state index in [0.717, 1.165) is 11.1 Å². The van der Waals surface area contributed by atoms with Crippen molar-refractivity contribution >= 4 is 23.2 Å². The number of aryl methyl sites for hydroxylation is 1. The van der Waals surface area contributed by atoms with E-state index in [4.69, 9.17) is 4.52 Å². The van der Waals surface area contributed by atoms with Crippen molar-refractivity contribution in [1.82, 2.24) is 20.4 Å². The number of hydrogen-bond donors (Lipinski definition) is 1. The lowest BCUT2D eigenvalue weighted by Gasteiger charge is -2.21. The molecule has 0 spiro atoms. The number of benzene rings is 1. The molecule has 3 aromatic rings. The molecule has 29 heavy (non-hydrogen) atoms. The van der Waals surface area contributed by atoms with Crippen LogP contribution in [0.25, 0.3) is 11.4 Å². The van der Waals surface area contributed by atoms with Crippen LogP contribution in [0, 0.1) is 0 Å². The second-order valence-electron chi connectivity index (χ2n) is 7.01. The van der Waals surface area contributed by atoms with E-state index in [1.54, 1.807) is 35.4 Å². The third-order valence-corrected chi connectivity index (χ3v) is 5.28. The minimum Gasteiger partial charge on any atom is -0.352 e. The number of rotatable bonds is 8. The van der Waals surface area contributed by atoms with Crippen molar-refractivity contribution in [3.63, 3.8) is 0 Å². The van der Waals surface area contributed by atoms with Crippen LogP contribution in [-0.4, -0.2) is 39.9 Å². The van der Waals surface area contributed by atoms with Gasteiger partial charge in [-0.1, -0.05) is 17.3 Å². The Morgan fingerprint density at radius 3 is 2.62 bits per heavy atom. The predicted octanol–water partition coefficient (Wildman–Crippen LogP) is 3.53. The van der Waals surface area contributed by atoms with E-state index in [1.807, 2.05) is 42.8 Å². The zero-order valence-corrected chi connectivity index (χ0v) is 17.5. The van der Waals surface area contributed by atoms with Gasteiger partial charge in [0, 0.05) is 49.0 Å². The van der Waals surface area contributed by atoms with Gasteiger partial charge in [0.15, 0.2) is 0 Å². The van der Waals surface area contributed by atoms with Crippen LogP contribution in [0.2, 0.25) is 0 Å². The van der Waals surface area contributed by atoms with Crippen LogP contribution in [0.1, 0.15) is 42.1 Å². The molecule has 0 fully saturated rings. The second-order valence-corrected chi connectivity index (χ2v) is 7.79. The number of thiophene rings is 1. The lowest BCUT2D eigenvalue weighted by molar-refractivity contribution is -0.121. The van der Waals surface area contributed by atoms with Gasteiger partial charge in [-0.15, -0.1) is 0 Å². The van der Waals surface area contributed by atoms with E-state index >= 15 is 0 Å². The first-order chi connectivity index (χ1) is 13.9. The van der Waals surface area contributed by atoms with Crippen LogP contribution in [-0.2, 0) is 17.8 Å². The van der Waals surface area contributed by atoms with E-state index in [0.29, 0.717) is 30.2 Å². The largest absolute Gasteiger partial charge is 0.352 e. The number of nitrogens with one attached hydrogen (secondary N) is 1. The molecule has 0 aliphatic rings. The summed E-state index contributed by atoms with van der Waals surface area (Å²) in [5.41, 5.74) is 2.48. The number of hydrogen-bond acceptors (Lipinski definition) is 6. The van der Waals surface area contributed by atoms with Gasteiger partial charge >= 0.3 is 0 Å². The maximum absolute atomic E-state index is 12.3. The molecule has 0 unspecified atom stereocenters. The average Bonchev–Trinajstić information content (AvgIpc) is 3.41. The maximum atomic E-state index is 12.3. The highest BCUT2D eigenvalue weighted by atomic mass is 32.1. The highest BCUT2D eigenvalue weighted by Crippen LogP contribution is 2.19. The summed E-state index contributed by atoms with van der Waals surface area (Å²) in [6.45, 7) is 4.34. The lowest BCUT2D eigenvalue weighted by atomic mass is 10.1. The number of carbonyl (C=O) groups is 2. The second kappa shape index (κ2) is 9.47. The van der Waals surface area contributed by atoms with E-state index in [-0.39, 0.29) is 24.3 Å². The Hall–Kier alpha value is -3.00. The van der Waals surface area contributed by atoms with Crippen LogP contribution in [0.5, 0.6) is 0 Å². The first kappa shape index (κ1) is 20.7. The Kier molecular flexibility index (Phi) is 6.77. The quantitative estimate of drug-likeness (QED) is 0.611. The van der Waals surface area contributed by atoms with Gasteiger partial charge in [0.25, 0.3) is 5.91 Å². The summed E-state index contributed by atoms with van der Waals surface area (Å²) >= 11 is 1.56. The fourth-order valence-corrected chi connectivity index (χ4v) is 3.21. The van der Waals surface area contributed by atoms with E-state index < -0.39 is 0 Å². The standard InChI is InChI=1S/C21H24N4O3S/c1-14(2)25(3)21(27)16-6-4-15(5-7-16)12-22-18(26)8-9-19-23-20(24-28-19)17-10-11-29-13-17/h4-7,10-11,13-14H,8-9,12H2,1-3H3,(H,22,26).